The number of rotatable bonds is 4. The number of hydrogen-bond acceptors (Lipinski definition) is 3. The van der Waals surface area contributed by atoms with E-state index >= 15 is 0 Å². The van der Waals surface area contributed by atoms with Crippen molar-refractivity contribution >= 4 is 5.69 Å². The Bertz CT molecular complexity index is 546. The van der Waals surface area contributed by atoms with Gasteiger partial charge in [-0.2, -0.15) is 0 Å². The third kappa shape index (κ3) is 3.62. The second-order valence-electron chi connectivity index (χ2n) is 8.83. The average molecular weight is 330 g/mol. The molecule has 0 radical (unpaired) electrons. The largest absolute Gasteiger partial charge is 0.367 e. The van der Waals surface area contributed by atoms with Gasteiger partial charge in [0.1, 0.15) is 0 Å². The van der Waals surface area contributed by atoms with Crippen LogP contribution in [0.3, 0.4) is 0 Å². The molecule has 0 saturated carbocycles. The summed E-state index contributed by atoms with van der Waals surface area (Å²) in [5.41, 5.74) is 3.28. The molecule has 2 aliphatic heterocycles. The maximum absolute atomic E-state index is 2.71. The molecule has 2 unspecified atom stereocenters. The van der Waals surface area contributed by atoms with Crippen LogP contribution in [-0.2, 0) is 0 Å². The predicted octanol–water partition coefficient (Wildman–Crippen LogP) is 4.15. The number of likely N-dealkylation sites (N-methyl/N-ethyl adjacent to an activating group) is 1. The van der Waals surface area contributed by atoms with E-state index in [2.05, 4.69) is 73.8 Å². The van der Waals surface area contributed by atoms with Gasteiger partial charge in [0.2, 0.25) is 0 Å². The van der Waals surface area contributed by atoms with Gasteiger partial charge in [0.15, 0.2) is 0 Å². The Kier molecular flexibility index (Phi) is 5.22. The van der Waals surface area contributed by atoms with Crippen molar-refractivity contribution in [2.24, 2.45) is 0 Å². The first-order valence-corrected chi connectivity index (χ1v) is 9.65. The van der Waals surface area contributed by atoms with Crippen LogP contribution in [0, 0.1) is 0 Å². The molecule has 3 nitrogen and oxygen atoms in total. The van der Waals surface area contributed by atoms with Gasteiger partial charge in [0, 0.05) is 36.4 Å². The number of anilines is 1. The lowest BCUT2D eigenvalue weighted by molar-refractivity contribution is 0.122. The van der Waals surface area contributed by atoms with Gasteiger partial charge in [0.25, 0.3) is 0 Å². The van der Waals surface area contributed by atoms with E-state index in [0.717, 1.165) is 6.54 Å². The van der Waals surface area contributed by atoms with E-state index in [0.29, 0.717) is 12.1 Å². The molecule has 2 atom stereocenters. The van der Waals surface area contributed by atoms with Gasteiger partial charge < -0.3 is 9.80 Å². The smallest absolute Gasteiger partial charge is 0.0417 e. The zero-order valence-corrected chi connectivity index (χ0v) is 16.3. The standard InChI is InChI=1S/C21H35N3/c1-21(2,3)24-15-9-13-20(24)18-11-6-7-12-19(18)23-14-8-10-17(23)16-22(4)5/h6-7,11-12,17,20H,8-10,13-16H2,1-5H3. The summed E-state index contributed by atoms with van der Waals surface area (Å²) < 4.78 is 0. The topological polar surface area (TPSA) is 9.72 Å². The number of nitrogens with zero attached hydrogens (tertiary/aromatic N) is 3. The van der Waals surface area contributed by atoms with Crippen molar-refractivity contribution in [3.8, 4) is 0 Å². The highest BCUT2D eigenvalue weighted by Crippen LogP contribution is 2.42. The summed E-state index contributed by atoms with van der Waals surface area (Å²) in [7, 11) is 4.39. The highest BCUT2D eigenvalue weighted by atomic mass is 15.3. The number of benzene rings is 1. The molecule has 1 aromatic rings. The zero-order chi connectivity index (χ0) is 17.3. The monoisotopic (exact) mass is 329 g/mol. The number of likely N-dealkylation sites (tertiary alicyclic amines) is 1. The van der Waals surface area contributed by atoms with Crippen LogP contribution in [0.4, 0.5) is 5.69 Å². The normalized spacial score (nSPS) is 25.8. The third-order valence-electron chi connectivity index (χ3n) is 5.67. The van der Waals surface area contributed by atoms with Gasteiger partial charge in [-0.05, 0) is 78.7 Å². The minimum Gasteiger partial charge on any atom is -0.367 e. The molecule has 0 aliphatic carbocycles. The highest BCUT2D eigenvalue weighted by molar-refractivity contribution is 5.57. The van der Waals surface area contributed by atoms with Gasteiger partial charge in [-0.1, -0.05) is 18.2 Å². The summed E-state index contributed by atoms with van der Waals surface area (Å²) in [6, 6.07) is 10.4. The zero-order valence-electron chi connectivity index (χ0n) is 16.3. The minimum absolute atomic E-state index is 0.238. The van der Waals surface area contributed by atoms with Crippen LogP contribution in [0.25, 0.3) is 0 Å². The van der Waals surface area contributed by atoms with Crippen molar-refractivity contribution in [3.63, 3.8) is 0 Å². The predicted molar refractivity (Wildman–Crippen MR) is 104 cm³/mol. The first-order chi connectivity index (χ1) is 11.4. The maximum Gasteiger partial charge on any atom is 0.0417 e. The summed E-state index contributed by atoms with van der Waals surface area (Å²) in [6.07, 6.45) is 5.25. The van der Waals surface area contributed by atoms with Crippen LogP contribution in [-0.4, -0.2) is 55.1 Å². The van der Waals surface area contributed by atoms with Crippen LogP contribution in [0.15, 0.2) is 24.3 Å². The van der Waals surface area contributed by atoms with Crippen molar-refractivity contribution in [2.45, 2.75) is 64.1 Å². The average Bonchev–Trinajstić information content (AvgIpc) is 3.14. The van der Waals surface area contributed by atoms with Crippen LogP contribution in [0.2, 0.25) is 0 Å². The van der Waals surface area contributed by atoms with Gasteiger partial charge in [-0.25, -0.2) is 0 Å². The van der Waals surface area contributed by atoms with Gasteiger partial charge in [-0.15, -0.1) is 0 Å². The quantitative estimate of drug-likeness (QED) is 0.821. The maximum atomic E-state index is 2.71. The van der Waals surface area contributed by atoms with E-state index < -0.39 is 0 Å². The molecule has 1 aromatic carbocycles. The van der Waals surface area contributed by atoms with Crippen LogP contribution >= 0.6 is 0 Å². The van der Waals surface area contributed by atoms with Crippen LogP contribution < -0.4 is 4.90 Å². The number of hydrogen-bond donors (Lipinski definition) is 0. The first kappa shape index (κ1) is 17.8. The Morgan fingerprint density at radius 3 is 2.46 bits per heavy atom. The fraction of sp³-hybridized carbons (Fsp3) is 0.714. The molecule has 134 valence electrons. The Balaban J connectivity index is 1.91. The molecule has 0 spiro atoms. The van der Waals surface area contributed by atoms with Crippen molar-refractivity contribution < 1.29 is 0 Å². The summed E-state index contributed by atoms with van der Waals surface area (Å²) in [5, 5.41) is 0. The van der Waals surface area contributed by atoms with Crippen molar-refractivity contribution in [1.29, 1.82) is 0 Å². The van der Waals surface area contributed by atoms with E-state index in [1.165, 1.54) is 44.5 Å². The molecule has 2 aliphatic rings. The van der Waals surface area contributed by atoms with E-state index in [1.54, 1.807) is 5.56 Å². The van der Waals surface area contributed by atoms with E-state index in [9.17, 15) is 0 Å². The molecule has 24 heavy (non-hydrogen) atoms. The molecular weight excluding hydrogens is 294 g/mol. The minimum atomic E-state index is 0.238. The molecule has 0 bridgehead atoms. The molecule has 0 N–H and O–H groups in total. The lowest BCUT2D eigenvalue weighted by atomic mass is 9.97. The van der Waals surface area contributed by atoms with E-state index in [1.807, 2.05) is 0 Å². The van der Waals surface area contributed by atoms with Crippen molar-refractivity contribution in [2.75, 3.05) is 38.6 Å². The molecule has 2 fully saturated rings. The molecule has 2 heterocycles. The van der Waals surface area contributed by atoms with Crippen molar-refractivity contribution in [1.82, 2.24) is 9.80 Å². The Hall–Kier alpha value is -1.06. The van der Waals surface area contributed by atoms with Gasteiger partial charge in [0.05, 0.1) is 0 Å². The van der Waals surface area contributed by atoms with Gasteiger partial charge in [-0.3, -0.25) is 4.90 Å². The Morgan fingerprint density at radius 2 is 1.75 bits per heavy atom. The third-order valence-corrected chi connectivity index (χ3v) is 5.67. The lowest BCUT2D eigenvalue weighted by Gasteiger charge is -2.39. The first-order valence-electron chi connectivity index (χ1n) is 9.65. The van der Waals surface area contributed by atoms with Gasteiger partial charge >= 0.3 is 0 Å². The second-order valence-corrected chi connectivity index (χ2v) is 8.83. The molecular formula is C21H35N3. The second kappa shape index (κ2) is 7.05. The lowest BCUT2D eigenvalue weighted by Crippen LogP contribution is -2.42. The SMILES string of the molecule is CN(C)CC1CCCN1c1ccccc1C1CCCN1C(C)(C)C. The molecule has 0 amide bonds. The summed E-state index contributed by atoms with van der Waals surface area (Å²) in [4.78, 5) is 7.74. The molecule has 0 aromatic heterocycles. The van der Waals surface area contributed by atoms with E-state index in [4.69, 9.17) is 0 Å². The highest BCUT2D eigenvalue weighted by Gasteiger charge is 2.36. The Labute approximate surface area is 148 Å². The van der Waals surface area contributed by atoms with Crippen LogP contribution in [0.1, 0.15) is 58.1 Å². The Morgan fingerprint density at radius 1 is 1.04 bits per heavy atom. The number of para-hydroxylation sites is 1. The summed E-state index contributed by atoms with van der Waals surface area (Å²) in [6.45, 7) is 10.7. The van der Waals surface area contributed by atoms with Crippen LogP contribution in [0.5, 0.6) is 0 Å². The fourth-order valence-electron chi connectivity index (χ4n) is 4.69. The molecule has 3 heteroatoms. The fourth-order valence-corrected chi connectivity index (χ4v) is 4.69. The van der Waals surface area contributed by atoms with E-state index in [-0.39, 0.29) is 5.54 Å². The van der Waals surface area contributed by atoms with Crippen molar-refractivity contribution in [3.05, 3.63) is 29.8 Å². The summed E-state index contributed by atoms with van der Waals surface area (Å²) in [5.74, 6) is 0. The summed E-state index contributed by atoms with van der Waals surface area (Å²) >= 11 is 0. The molecule has 2 saturated heterocycles. The molecule has 3 rings (SSSR count).